The van der Waals surface area contributed by atoms with Crippen LogP contribution in [0.1, 0.15) is 26.7 Å². The molecule has 1 aliphatic heterocycles. The molecule has 1 heterocycles. The number of nitrogens with one attached hydrogen (secondary N) is 1. The molecule has 1 aliphatic rings. The van der Waals surface area contributed by atoms with E-state index in [1.807, 2.05) is 13.8 Å². The maximum absolute atomic E-state index is 10.7. The molecule has 2 atom stereocenters. The molecule has 4 heteroatoms. The van der Waals surface area contributed by atoms with Crippen LogP contribution >= 0.6 is 0 Å². The monoisotopic (exact) mass is 188 g/mol. The highest BCUT2D eigenvalue weighted by Gasteiger charge is 2.23. The van der Waals surface area contributed by atoms with Crippen molar-refractivity contribution in [3.05, 3.63) is 0 Å². The minimum absolute atomic E-state index is 0.0437. The van der Waals surface area contributed by atoms with Crippen molar-refractivity contribution in [1.82, 2.24) is 5.32 Å². The Morgan fingerprint density at radius 1 is 1.54 bits per heavy atom. The van der Waals surface area contributed by atoms with Gasteiger partial charge in [-0.1, -0.05) is 13.8 Å². The number of primary amides is 1. The maximum Gasteiger partial charge on any atom is 0.221 e. The lowest BCUT2D eigenvalue weighted by molar-refractivity contribution is -0.122. The van der Waals surface area contributed by atoms with Gasteiger partial charge in [0, 0.05) is 12.6 Å². The fourth-order valence-electron chi connectivity index (χ4n) is 1.31. The number of amides is 1. The molecule has 0 spiro atoms. The van der Waals surface area contributed by atoms with Crippen molar-refractivity contribution in [2.75, 3.05) is 13.2 Å². The highest BCUT2D eigenvalue weighted by atomic mass is 16.3. The zero-order valence-electron chi connectivity index (χ0n) is 8.42. The molecule has 1 amide bonds. The molecule has 4 nitrogen and oxygen atoms in total. The number of hydrogen-bond acceptors (Lipinski definition) is 3. The molecular formula is C9H20N2O2. The molecule has 0 aromatic rings. The Balaban J connectivity index is 0.000000671. The first-order valence-corrected chi connectivity index (χ1v) is 4.87. The second kappa shape index (κ2) is 6.86. The Kier molecular flexibility index (Phi) is 6.54. The van der Waals surface area contributed by atoms with Crippen LogP contribution in [-0.4, -0.2) is 30.2 Å². The lowest BCUT2D eigenvalue weighted by atomic mass is 9.95. The van der Waals surface area contributed by atoms with Gasteiger partial charge >= 0.3 is 0 Å². The number of piperidine rings is 1. The van der Waals surface area contributed by atoms with E-state index in [1.165, 1.54) is 0 Å². The molecule has 78 valence electrons. The van der Waals surface area contributed by atoms with Gasteiger partial charge in [-0.15, -0.1) is 0 Å². The summed E-state index contributed by atoms with van der Waals surface area (Å²) in [6.07, 6.45) is 1.64. The number of hydrogen-bond donors (Lipinski definition) is 3. The molecular weight excluding hydrogens is 168 g/mol. The van der Waals surface area contributed by atoms with Crippen LogP contribution in [-0.2, 0) is 4.79 Å². The van der Waals surface area contributed by atoms with E-state index < -0.39 is 0 Å². The van der Waals surface area contributed by atoms with Gasteiger partial charge in [0.05, 0.1) is 12.5 Å². The third-order valence-electron chi connectivity index (χ3n) is 2.14. The molecule has 0 aliphatic carbocycles. The topological polar surface area (TPSA) is 75.4 Å². The number of carbonyl (C=O) groups is 1. The Labute approximate surface area is 79.5 Å². The summed E-state index contributed by atoms with van der Waals surface area (Å²) in [7, 11) is 0. The van der Waals surface area contributed by atoms with Crippen LogP contribution in [0.25, 0.3) is 0 Å². The Hall–Kier alpha value is -0.610. The van der Waals surface area contributed by atoms with Crippen LogP contribution < -0.4 is 11.1 Å². The van der Waals surface area contributed by atoms with Crippen molar-refractivity contribution in [3.8, 4) is 0 Å². The predicted molar refractivity (Wildman–Crippen MR) is 52.1 cm³/mol. The van der Waals surface area contributed by atoms with Crippen molar-refractivity contribution in [1.29, 1.82) is 0 Å². The summed E-state index contributed by atoms with van der Waals surface area (Å²) >= 11 is 0. The van der Waals surface area contributed by atoms with Crippen LogP contribution in [0.2, 0.25) is 0 Å². The molecule has 4 N–H and O–H groups in total. The fraction of sp³-hybridized carbons (Fsp3) is 0.889. The van der Waals surface area contributed by atoms with Crippen molar-refractivity contribution < 1.29 is 9.90 Å². The molecule has 1 rings (SSSR count). The average Bonchev–Trinajstić information content (AvgIpc) is 2.21. The summed E-state index contributed by atoms with van der Waals surface area (Å²) in [5.41, 5.74) is 5.11. The summed E-state index contributed by atoms with van der Waals surface area (Å²) in [4.78, 5) is 10.7. The van der Waals surface area contributed by atoms with Gasteiger partial charge in [0.1, 0.15) is 0 Å². The van der Waals surface area contributed by atoms with Gasteiger partial charge in [-0.3, -0.25) is 4.79 Å². The van der Waals surface area contributed by atoms with Crippen LogP contribution in [0.3, 0.4) is 0 Å². The van der Waals surface area contributed by atoms with Gasteiger partial charge in [0.2, 0.25) is 5.91 Å². The summed E-state index contributed by atoms with van der Waals surface area (Å²) in [5, 5.41) is 11.8. The minimum atomic E-state index is -0.242. The quantitative estimate of drug-likeness (QED) is 0.564. The predicted octanol–water partition coefficient (Wildman–Crippen LogP) is -0.142. The zero-order valence-corrected chi connectivity index (χ0v) is 8.42. The standard InChI is InChI=1S/C7H14N2O2.C2H6/c8-7(11)5-1-2-6(4-10)9-3-5;1-2/h5-6,9-10H,1-4H2,(H2,8,11);1-2H3. The Morgan fingerprint density at radius 3 is 2.46 bits per heavy atom. The Bertz CT molecular complexity index is 143. The molecule has 1 fully saturated rings. The number of carbonyl (C=O) groups excluding carboxylic acids is 1. The van der Waals surface area contributed by atoms with E-state index in [-0.39, 0.29) is 24.5 Å². The lowest BCUT2D eigenvalue weighted by Gasteiger charge is -2.26. The molecule has 0 radical (unpaired) electrons. The van der Waals surface area contributed by atoms with Gasteiger partial charge in [0.15, 0.2) is 0 Å². The highest BCUT2D eigenvalue weighted by Crippen LogP contribution is 2.12. The van der Waals surface area contributed by atoms with E-state index in [2.05, 4.69) is 5.32 Å². The molecule has 0 aromatic heterocycles. The van der Waals surface area contributed by atoms with Gasteiger partial charge in [-0.05, 0) is 12.8 Å². The highest BCUT2D eigenvalue weighted by molar-refractivity contribution is 5.76. The van der Waals surface area contributed by atoms with Gasteiger partial charge in [0.25, 0.3) is 0 Å². The third-order valence-corrected chi connectivity index (χ3v) is 2.14. The largest absolute Gasteiger partial charge is 0.395 e. The van der Waals surface area contributed by atoms with E-state index in [9.17, 15) is 4.79 Å². The molecule has 1 saturated heterocycles. The third kappa shape index (κ3) is 4.24. The molecule has 13 heavy (non-hydrogen) atoms. The van der Waals surface area contributed by atoms with Crippen LogP contribution in [0.5, 0.6) is 0 Å². The van der Waals surface area contributed by atoms with Crippen molar-refractivity contribution in [2.45, 2.75) is 32.7 Å². The minimum Gasteiger partial charge on any atom is -0.395 e. The smallest absolute Gasteiger partial charge is 0.221 e. The van der Waals surface area contributed by atoms with E-state index >= 15 is 0 Å². The lowest BCUT2D eigenvalue weighted by Crippen LogP contribution is -2.45. The van der Waals surface area contributed by atoms with Crippen LogP contribution in [0.15, 0.2) is 0 Å². The normalized spacial score (nSPS) is 27.3. The zero-order chi connectivity index (χ0) is 10.3. The molecule has 2 unspecified atom stereocenters. The first-order chi connectivity index (χ1) is 6.24. The Morgan fingerprint density at radius 2 is 2.15 bits per heavy atom. The van der Waals surface area contributed by atoms with Crippen molar-refractivity contribution >= 4 is 5.91 Å². The van der Waals surface area contributed by atoms with Gasteiger partial charge in [-0.2, -0.15) is 0 Å². The number of nitrogens with two attached hydrogens (primary N) is 1. The maximum atomic E-state index is 10.7. The number of rotatable bonds is 2. The fourth-order valence-corrected chi connectivity index (χ4v) is 1.31. The summed E-state index contributed by atoms with van der Waals surface area (Å²) < 4.78 is 0. The van der Waals surface area contributed by atoms with Gasteiger partial charge in [-0.25, -0.2) is 0 Å². The first-order valence-electron chi connectivity index (χ1n) is 4.87. The van der Waals surface area contributed by atoms with E-state index in [0.717, 1.165) is 12.8 Å². The average molecular weight is 188 g/mol. The van der Waals surface area contributed by atoms with E-state index in [0.29, 0.717) is 6.54 Å². The molecule has 0 aromatic carbocycles. The van der Waals surface area contributed by atoms with Gasteiger partial charge < -0.3 is 16.2 Å². The molecule has 0 saturated carbocycles. The molecule has 0 bridgehead atoms. The second-order valence-electron chi connectivity index (χ2n) is 2.96. The summed E-state index contributed by atoms with van der Waals surface area (Å²) in [6.45, 7) is 4.76. The van der Waals surface area contributed by atoms with E-state index in [4.69, 9.17) is 10.8 Å². The number of aliphatic hydroxyl groups is 1. The van der Waals surface area contributed by atoms with Crippen LogP contribution in [0.4, 0.5) is 0 Å². The van der Waals surface area contributed by atoms with E-state index in [1.54, 1.807) is 0 Å². The van der Waals surface area contributed by atoms with Crippen molar-refractivity contribution in [3.63, 3.8) is 0 Å². The second-order valence-corrected chi connectivity index (χ2v) is 2.96. The van der Waals surface area contributed by atoms with Crippen LogP contribution in [0, 0.1) is 5.92 Å². The van der Waals surface area contributed by atoms with Crippen molar-refractivity contribution in [2.24, 2.45) is 11.7 Å². The summed E-state index contributed by atoms with van der Waals surface area (Å²) in [5.74, 6) is -0.285. The SMILES string of the molecule is CC.NC(=O)C1CCC(CO)NC1. The first kappa shape index (κ1) is 12.4. The number of aliphatic hydroxyl groups excluding tert-OH is 1. The summed E-state index contributed by atoms with van der Waals surface area (Å²) in [6, 6.07) is 0.158.